The van der Waals surface area contributed by atoms with Crippen molar-refractivity contribution >= 4 is 5.91 Å². The van der Waals surface area contributed by atoms with Crippen molar-refractivity contribution in [2.45, 2.75) is 36.9 Å². The van der Waals surface area contributed by atoms with Crippen molar-refractivity contribution in [2.75, 3.05) is 20.2 Å². The molecule has 1 aromatic carbocycles. The minimum absolute atomic E-state index is 0.131. The van der Waals surface area contributed by atoms with Crippen molar-refractivity contribution in [3.05, 3.63) is 35.9 Å². The highest BCUT2D eigenvalue weighted by molar-refractivity contribution is 5.77. The number of hydrogen-bond acceptors (Lipinski definition) is 4. The molecule has 0 spiro atoms. The Bertz CT molecular complexity index is 636. The summed E-state index contributed by atoms with van der Waals surface area (Å²) in [6.45, 7) is 1.19. The van der Waals surface area contributed by atoms with Gasteiger partial charge in [0.2, 0.25) is 5.91 Å². The van der Waals surface area contributed by atoms with Crippen molar-refractivity contribution in [2.24, 2.45) is 10.2 Å². The van der Waals surface area contributed by atoms with E-state index in [4.69, 9.17) is 11.2 Å². The van der Waals surface area contributed by atoms with Gasteiger partial charge in [0.1, 0.15) is 5.60 Å². The molecule has 0 unspecified atom stereocenters. The fourth-order valence-electron chi connectivity index (χ4n) is 3.05. The Hall–Kier alpha value is -2.19. The van der Waals surface area contributed by atoms with E-state index in [-0.39, 0.29) is 17.2 Å². The molecule has 2 aliphatic heterocycles. The van der Waals surface area contributed by atoms with Crippen LogP contribution < -0.4 is 0 Å². The average Bonchev–Trinajstić information content (AvgIpc) is 3.32. The van der Waals surface area contributed by atoms with Crippen molar-refractivity contribution in [3.63, 3.8) is 0 Å². The van der Waals surface area contributed by atoms with Crippen LogP contribution in [0.2, 0.25) is 0 Å². The van der Waals surface area contributed by atoms with E-state index in [9.17, 15) is 4.79 Å². The summed E-state index contributed by atoms with van der Waals surface area (Å²) in [6, 6.07) is 10.1. The fraction of sp³-hybridized carbons (Fsp3) is 0.500. The van der Waals surface area contributed by atoms with E-state index >= 15 is 0 Å². The molecule has 5 heteroatoms. The summed E-state index contributed by atoms with van der Waals surface area (Å²) >= 11 is 0. The Labute approximate surface area is 136 Å². The Morgan fingerprint density at radius 3 is 2.57 bits per heavy atom. The van der Waals surface area contributed by atoms with Gasteiger partial charge in [-0.1, -0.05) is 30.3 Å². The largest absolute Gasteiger partial charge is 0.370 e. The van der Waals surface area contributed by atoms with Gasteiger partial charge in [-0.2, -0.15) is 10.2 Å². The predicted molar refractivity (Wildman–Crippen MR) is 86.6 cm³/mol. The number of likely N-dealkylation sites (tertiary alicyclic amines) is 1. The zero-order chi connectivity index (χ0) is 16.3. The smallest absolute Gasteiger partial charge is 0.222 e. The number of terminal acetylenes is 1. The molecular weight excluding hydrogens is 290 g/mol. The Morgan fingerprint density at radius 1 is 1.30 bits per heavy atom. The molecule has 0 atom stereocenters. The molecule has 2 aliphatic rings. The number of carbonyl (C=O) groups is 1. The molecule has 0 bridgehead atoms. The van der Waals surface area contributed by atoms with Gasteiger partial charge in [-0.25, -0.2) is 0 Å². The molecule has 1 amide bonds. The summed E-state index contributed by atoms with van der Waals surface area (Å²) in [5.74, 6) is 2.73. The lowest BCUT2D eigenvalue weighted by atomic mass is 9.85. The first kappa shape index (κ1) is 15.7. The molecule has 0 aliphatic carbocycles. The summed E-state index contributed by atoms with van der Waals surface area (Å²) < 4.78 is 5.70. The Morgan fingerprint density at radius 2 is 2.00 bits per heavy atom. The third-order valence-electron chi connectivity index (χ3n) is 4.73. The topological polar surface area (TPSA) is 54.3 Å². The molecule has 120 valence electrons. The molecule has 0 saturated carbocycles. The van der Waals surface area contributed by atoms with E-state index in [0.717, 1.165) is 12.0 Å². The highest BCUT2D eigenvalue weighted by atomic mass is 16.5. The van der Waals surface area contributed by atoms with Crippen LogP contribution in [-0.4, -0.2) is 36.7 Å². The quantitative estimate of drug-likeness (QED) is 0.727. The van der Waals surface area contributed by atoms with Gasteiger partial charge in [0.15, 0.2) is 5.66 Å². The van der Waals surface area contributed by atoms with Crippen molar-refractivity contribution < 1.29 is 9.53 Å². The lowest BCUT2D eigenvalue weighted by Crippen LogP contribution is -2.62. The van der Waals surface area contributed by atoms with Crippen LogP contribution in [0.4, 0.5) is 0 Å². The molecule has 1 saturated heterocycles. The van der Waals surface area contributed by atoms with E-state index in [1.165, 1.54) is 0 Å². The summed E-state index contributed by atoms with van der Waals surface area (Å²) in [5.41, 5.74) is 0.362. The number of methoxy groups -OCH3 is 1. The van der Waals surface area contributed by atoms with Crippen LogP contribution in [0.25, 0.3) is 0 Å². The molecule has 1 aromatic rings. The molecule has 23 heavy (non-hydrogen) atoms. The monoisotopic (exact) mass is 311 g/mol. The minimum Gasteiger partial charge on any atom is -0.370 e. The summed E-state index contributed by atoms with van der Waals surface area (Å²) in [7, 11) is 1.70. The molecule has 0 radical (unpaired) electrons. The highest BCUT2D eigenvalue weighted by Crippen LogP contribution is 2.39. The first-order chi connectivity index (χ1) is 11.1. The van der Waals surface area contributed by atoms with Crippen LogP contribution in [0.15, 0.2) is 40.6 Å². The average molecular weight is 311 g/mol. The second kappa shape index (κ2) is 6.13. The van der Waals surface area contributed by atoms with Crippen molar-refractivity contribution in [1.82, 2.24) is 4.90 Å². The molecule has 1 fully saturated rings. The van der Waals surface area contributed by atoms with Crippen molar-refractivity contribution in [1.29, 1.82) is 0 Å². The van der Waals surface area contributed by atoms with Gasteiger partial charge in [0, 0.05) is 32.8 Å². The van der Waals surface area contributed by atoms with Gasteiger partial charge in [-0.3, -0.25) is 4.79 Å². The first-order valence-corrected chi connectivity index (χ1v) is 7.89. The van der Waals surface area contributed by atoms with Gasteiger partial charge < -0.3 is 9.64 Å². The number of benzene rings is 1. The molecule has 2 heterocycles. The van der Waals surface area contributed by atoms with E-state index < -0.39 is 0 Å². The first-order valence-electron chi connectivity index (χ1n) is 7.89. The Balaban J connectivity index is 1.51. The predicted octanol–water partition coefficient (Wildman–Crippen LogP) is 2.73. The number of carbonyl (C=O) groups excluding carboxylic acids is 1. The van der Waals surface area contributed by atoms with Crippen LogP contribution in [-0.2, 0) is 15.1 Å². The molecule has 3 rings (SSSR count). The molecule has 5 nitrogen and oxygen atoms in total. The lowest BCUT2D eigenvalue weighted by molar-refractivity contribution is -0.164. The maximum Gasteiger partial charge on any atom is 0.222 e. The third-order valence-corrected chi connectivity index (χ3v) is 4.73. The van der Waals surface area contributed by atoms with Crippen LogP contribution in [0.1, 0.15) is 31.2 Å². The number of nitrogens with zero attached hydrogens (tertiary/aromatic N) is 3. The summed E-state index contributed by atoms with van der Waals surface area (Å²) in [4.78, 5) is 14.2. The number of rotatable bonds is 7. The highest BCUT2D eigenvalue weighted by Gasteiger charge is 2.47. The van der Waals surface area contributed by atoms with E-state index in [0.29, 0.717) is 32.4 Å². The van der Waals surface area contributed by atoms with Gasteiger partial charge in [0.25, 0.3) is 0 Å². The van der Waals surface area contributed by atoms with Crippen LogP contribution in [0.5, 0.6) is 0 Å². The SMILES string of the molecule is C#CCCC1(CCC(=O)N2CC(OC)(c3ccccc3)C2)N=N1. The maximum atomic E-state index is 12.4. The van der Waals surface area contributed by atoms with Gasteiger partial charge in [0.05, 0.1) is 13.1 Å². The van der Waals surface area contributed by atoms with Crippen molar-refractivity contribution in [3.8, 4) is 12.3 Å². The van der Waals surface area contributed by atoms with E-state index in [1.807, 2.05) is 35.2 Å². The normalized spacial score (nSPS) is 19.7. The van der Waals surface area contributed by atoms with Crippen LogP contribution in [0, 0.1) is 12.3 Å². The minimum atomic E-state index is -0.384. The molecular formula is C18H21N3O2. The standard InChI is InChI=1S/C18H21N3O2/c1-3-4-11-18(19-20-18)12-10-16(22)21-13-17(14-21,23-2)15-8-6-5-7-9-15/h1,5-9H,4,10-14H2,2H3. The van der Waals surface area contributed by atoms with Crippen LogP contribution in [0.3, 0.4) is 0 Å². The fourth-order valence-corrected chi connectivity index (χ4v) is 3.05. The number of ether oxygens (including phenoxy) is 1. The summed E-state index contributed by atoms with van der Waals surface area (Å²) in [5, 5.41) is 8.15. The second-order valence-corrected chi connectivity index (χ2v) is 6.20. The van der Waals surface area contributed by atoms with Gasteiger partial charge in [-0.05, 0) is 5.56 Å². The second-order valence-electron chi connectivity index (χ2n) is 6.20. The lowest BCUT2D eigenvalue weighted by Gasteiger charge is -2.49. The zero-order valence-electron chi connectivity index (χ0n) is 13.4. The number of hydrogen-bond donors (Lipinski definition) is 0. The third kappa shape index (κ3) is 3.13. The van der Waals surface area contributed by atoms with Gasteiger partial charge in [-0.15, -0.1) is 12.3 Å². The van der Waals surface area contributed by atoms with Gasteiger partial charge >= 0.3 is 0 Å². The maximum absolute atomic E-state index is 12.4. The number of amides is 1. The Kier molecular flexibility index (Phi) is 4.18. The van der Waals surface area contributed by atoms with E-state index in [2.05, 4.69) is 16.1 Å². The zero-order valence-corrected chi connectivity index (χ0v) is 13.4. The van der Waals surface area contributed by atoms with Crippen LogP contribution >= 0.6 is 0 Å². The molecule has 0 N–H and O–H groups in total. The van der Waals surface area contributed by atoms with E-state index in [1.54, 1.807) is 7.11 Å². The molecule has 0 aromatic heterocycles. The summed E-state index contributed by atoms with van der Waals surface area (Å²) in [6.07, 6.45) is 7.76.